The van der Waals surface area contributed by atoms with Gasteiger partial charge in [-0.15, -0.1) is 0 Å². The van der Waals surface area contributed by atoms with E-state index in [0.717, 1.165) is 24.2 Å². The Labute approximate surface area is 158 Å². The standard InChI is InChI=1S/C22H28NO2P/c1-21(2)14-16(15-22(3,4)23(21)5)24-26-20-13-9-7-11-18(20)17-10-6-8-12-19(17)25-26/h6-13,16H,14-15H2,1-5H3. The van der Waals surface area contributed by atoms with E-state index in [-0.39, 0.29) is 17.2 Å². The summed E-state index contributed by atoms with van der Waals surface area (Å²) in [7, 11) is 1.11. The summed E-state index contributed by atoms with van der Waals surface area (Å²) in [5.41, 5.74) is 2.62. The van der Waals surface area contributed by atoms with Crippen LogP contribution in [0.4, 0.5) is 0 Å². The lowest BCUT2D eigenvalue weighted by Crippen LogP contribution is -2.60. The van der Waals surface area contributed by atoms with Crippen LogP contribution in [-0.4, -0.2) is 29.1 Å². The van der Waals surface area contributed by atoms with Gasteiger partial charge >= 0.3 is 0 Å². The highest BCUT2D eigenvalue weighted by Crippen LogP contribution is 2.52. The summed E-state index contributed by atoms with van der Waals surface area (Å²) in [5.74, 6) is 0.934. The van der Waals surface area contributed by atoms with E-state index in [4.69, 9.17) is 9.05 Å². The number of rotatable bonds is 2. The molecule has 4 heteroatoms. The van der Waals surface area contributed by atoms with Crippen molar-refractivity contribution in [3.05, 3.63) is 48.5 Å². The quantitative estimate of drug-likeness (QED) is 0.666. The lowest BCUT2D eigenvalue weighted by atomic mass is 9.79. The van der Waals surface area contributed by atoms with E-state index in [1.807, 2.05) is 12.1 Å². The Kier molecular flexibility index (Phi) is 4.38. The molecule has 0 bridgehead atoms. The fraction of sp³-hybridized carbons (Fsp3) is 0.455. The number of likely N-dealkylation sites (tertiary alicyclic amines) is 1. The van der Waals surface area contributed by atoms with Crippen molar-refractivity contribution >= 4 is 13.7 Å². The molecule has 1 atom stereocenters. The molecule has 0 radical (unpaired) electrons. The molecule has 0 spiro atoms. The molecule has 1 unspecified atom stereocenters. The maximum Gasteiger partial charge on any atom is 0.265 e. The Morgan fingerprint density at radius 1 is 0.923 bits per heavy atom. The maximum absolute atomic E-state index is 6.65. The van der Waals surface area contributed by atoms with Crippen molar-refractivity contribution in [3.8, 4) is 16.9 Å². The van der Waals surface area contributed by atoms with Crippen molar-refractivity contribution in [1.82, 2.24) is 4.90 Å². The molecule has 3 nitrogen and oxygen atoms in total. The molecule has 0 N–H and O–H groups in total. The van der Waals surface area contributed by atoms with Crippen molar-refractivity contribution in [3.63, 3.8) is 0 Å². The normalized spacial score (nSPS) is 24.4. The Bertz CT molecular complexity index is 799. The Morgan fingerprint density at radius 2 is 1.50 bits per heavy atom. The van der Waals surface area contributed by atoms with Crippen LogP contribution in [0.2, 0.25) is 0 Å². The third-order valence-corrected chi connectivity index (χ3v) is 7.61. The van der Waals surface area contributed by atoms with Gasteiger partial charge in [-0.05, 0) is 65.3 Å². The summed E-state index contributed by atoms with van der Waals surface area (Å²) >= 11 is 0. The summed E-state index contributed by atoms with van der Waals surface area (Å²) in [6.07, 6.45) is 2.22. The molecule has 0 amide bonds. The van der Waals surface area contributed by atoms with Crippen LogP contribution in [0.5, 0.6) is 5.75 Å². The Balaban J connectivity index is 1.64. The average Bonchev–Trinajstić information content (AvgIpc) is 2.59. The lowest BCUT2D eigenvalue weighted by Gasteiger charge is -2.53. The van der Waals surface area contributed by atoms with Crippen LogP contribution in [-0.2, 0) is 4.52 Å². The van der Waals surface area contributed by atoms with Crippen LogP contribution in [0.1, 0.15) is 40.5 Å². The van der Waals surface area contributed by atoms with Gasteiger partial charge in [0.1, 0.15) is 5.75 Å². The fourth-order valence-electron chi connectivity index (χ4n) is 4.34. The molecule has 2 aliphatic heterocycles. The van der Waals surface area contributed by atoms with Gasteiger partial charge in [0, 0.05) is 16.6 Å². The minimum Gasteiger partial charge on any atom is -0.443 e. The van der Waals surface area contributed by atoms with Crippen molar-refractivity contribution < 1.29 is 9.05 Å². The summed E-state index contributed by atoms with van der Waals surface area (Å²) in [4.78, 5) is 2.48. The van der Waals surface area contributed by atoms with Gasteiger partial charge in [0.25, 0.3) is 8.38 Å². The summed E-state index contributed by atoms with van der Waals surface area (Å²) in [5, 5.41) is 1.19. The lowest BCUT2D eigenvalue weighted by molar-refractivity contribution is -0.0543. The molecule has 26 heavy (non-hydrogen) atoms. The molecular weight excluding hydrogens is 341 g/mol. The van der Waals surface area contributed by atoms with E-state index in [1.165, 1.54) is 10.9 Å². The Hall–Kier alpha value is -1.41. The first-order valence-corrected chi connectivity index (χ1v) is 10.5. The maximum atomic E-state index is 6.65. The van der Waals surface area contributed by atoms with E-state index in [2.05, 4.69) is 76.0 Å². The Morgan fingerprint density at radius 3 is 2.19 bits per heavy atom. The van der Waals surface area contributed by atoms with Crippen molar-refractivity contribution in [1.29, 1.82) is 0 Å². The molecule has 4 rings (SSSR count). The third-order valence-electron chi connectivity index (χ3n) is 5.97. The number of piperidine rings is 1. The second-order valence-electron chi connectivity index (χ2n) is 8.68. The third kappa shape index (κ3) is 3.07. The highest BCUT2D eigenvalue weighted by molar-refractivity contribution is 7.57. The second kappa shape index (κ2) is 6.34. The van der Waals surface area contributed by atoms with Gasteiger partial charge < -0.3 is 9.05 Å². The van der Waals surface area contributed by atoms with Gasteiger partial charge in [-0.25, -0.2) is 0 Å². The second-order valence-corrected chi connectivity index (χ2v) is 10.1. The molecular formula is C22H28NO2P. The summed E-state index contributed by atoms with van der Waals surface area (Å²) in [6, 6.07) is 16.8. The van der Waals surface area contributed by atoms with E-state index in [0.29, 0.717) is 0 Å². The number of para-hydroxylation sites is 1. The zero-order valence-electron chi connectivity index (χ0n) is 16.3. The number of benzene rings is 2. The van der Waals surface area contributed by atoms with Gasteiger partial charge in [-0.2, -0.15) is 0 Å². The fourth-order valence-corrected chi connectivity index (χ4v) is 5.95. The molecule has 0 aromatic heterocycles. The van der Waals surface area contributed by atoms with E-state index in [1.54, 1.807) is 0 Å². The van der Waals surface area contributed by atoms with Gasteiger partial charge in [-0.1, -0.05) is 36.4 Å². The average molecular weight is 369 g/mol. The van der Waals surface area contributed by atoms with E-state index in [9.17, 15) is 0 Å². The predicted molar refractivity (Wildman–Crippen MR) is 109 cm³/mol. The van der Waals surface area contributed by atoms with Gasteiger partial charge in [0.2, 0.25) is 0 Å². The molecule has 1 saturated heterocycles. The van der Waals surface area contributed by atoms with E-state index >= 15 is 0 Å². The predicted octanol–water partition coefficient (Wildman–Crippen LogP) is 5.35. The molecule has 2 aliphatic rings. The van der Waals surface area contributed by atoms with Gasteiger partial charge in [0.05, 0.1) is 11.4 Å². The van der Waals surface area contributed by atoms with Crippen LogP contribution in [0.3, 0.4) is 0 Å². The molecule has 2 heterocycles. The number of hydrogen-bond donors (Lipinski definition) is 0. The van der Waals surface area contributed by atoms with Crippen molar-refractivity contribution in [2.24, 2.45) is 0 Å². The van der Waals surface area contributed by atoms with Crippen molar-refractivity contribution in [2.45, 2.75) is 57.7 Å². The first-order valence-electron chi connectivity index (χ1n) is 9.35. The molecule has 0 saturated carbocycles. The van der Waals surface area contributed by atoms with Crippen LogP contribution in [0.25, 0.3) is 11.1 Å². The molecule has 2 aromatic carbocycles. The topological polar surface area (TPSA) is 21.7 Å². The number of fused-ring (bicyclic) bond motifs is 3. The first-order chi connectivity index (χ1) is 12.3. The molecule has 2 aromatic rings. The van der Waals surface area contributed by atoms with Gasteiger partial charge in [0.15, 0.2) is 0 Å². The largest absolute Gasteiger partial charge is 0.443 e. The zero-order valence-corrected chi connectivity index (χ0v) is 17.2. The van der Waals surface area contributed by atoms with Gasteiger partial charge in [-0.3, -0.25) is 4.90 Å². The summed E-state index contributed by atoms with van der Waals surface area (Å²) in [6.45, 7) is 9.23. The van der Waals surface area contributed by atoms with Crippen LogP contribution in [0.15, 0.2) is 48.5 Å². The van der Waals surface area contributed by atoms with Crippen LogP contribution in [0, 0.1) is 0 Å². The zero-order chi connectivity index (χ0) is 18.5. The first kappa shape index (κ1) is 18.0. The van der Waals surface area contributed by atoms with E-state index < -0.39 is 8.38 Å². The van der Waals surface area contributed by atoms with Crippen molar-refractivity contribution in [2.75, 3.05) is 7.05 Å². The SMILES string of the molecule is CN1C(C)(C)CC(OP2Oc3ccccc3-c3ccccc32)CC1(C)C. The van der Waals surface area contributed by atoms with Crippen LogP contribution < -0.4 is 9.83 Å². The minimum absolute atomic E-state index is 0.106. The van der Waals surface area contributed by atoms with Crippen LogP contribution >= 0.6 is 8.38 Å². The monoisotopic (exact) mass is 369 g/mol. The molecule has 138 valence electrons. The summed E-state index contributed by atoms with van der Waals surface area (Å²) < 4.78 is 13.0. The molecule has 0 aliphatic carbocycles. The highest BCUT2D eigenvalue weighted by Gasteiger charge is 2.45. The minimum atomic E-state index is -1.11. The smallest absolute Gasteiger partial charge is 0.265 e. The number of hydrogen-bond acceptors (Lipinski definition) is 3. The molecule has 1 fully saturated rings. The highest BCUT2D eigenvalue weighted by atomic mass is 31.2. The number of nitrogens with zero attached hydrogens (tertiary/aromatic N) is 1.